The molecule has 0 aliphatic heterocycles. The van der Waals surface area contributed by atoms with E-state index < -0.39 is 0 Å². The van der Waals surface area contributed by atoms with Gasteiger partial charge in [-0.1, -0.05) is 347 Å². The van der Waals surface area contributed by atoms with E-state index in [0.717, 1.165) is 87.7 Å². The quantitative estimate of drug-likeness (QED) is 0.0205. The van der Waals surface area contributed by atoms with Crippen molar-refractivity contribution in [3.63, 3.8) is 0 Å². The lowest BCUT2D eigenvalue weighted by Gasteiger charge is -2.16. The van der Waals surface area contributed by atoms with E-state index in [-0.39, 0.29) is 5.25 Å². The molecule has 0 saturated carbocycles. The van der Waals surface area contributed by atoms with Gasteiger partial charge >= 0.3 is 0 Å². The predicted octanol–water partition coefficient (Wildman–Crippen LogP) is 28.0. The Labute approximate surface area is 564 Å². The molecule has 0 aliphatic rings. The Balaban J connectivity index is 1.27. The van der Waals surface area contributed by atoms with E-state index in [9.17, 15) is 0 Å². The van der Waals surface area contributed by atoms with Crippen LogP contribution in [-0.2, 0) is 0 Å². The molecule has 0 radical (unpaired) electrons. The Bertz CT molecular complexity index is 2280. The second-order valence-electron chi connectivity index (χ2n) is 26.2. The van der Waals surface area contributed by atoms with Crippen LogP contribution in [0.2, 0.25) is 0 Å². The molecule has 1 atom stereocenters. The summed E-state index contributed by atoms with van der Waals surface area (Å²) in [6, 6.07) is 28.1. The Morgan fingerprint density at radius 3 is 0.767 bits per heavy atom. The lowest BCUT2D eigenvalue weighted by molar-refractivity contribution is 0.257. The lowest BCUT2D eigenvalue weighted by Crippen LogP contribution is -2.06. The number of unbranched alkanes of at least 4 members (excludes halogenated alkanes) is 44. The normalized spacial score (nSPS) is 11.7. The van der Waals surface area contributed by atoms with Crippen molar-refractivity contribution in [3.05, 3.63) is 96.1 Å². The van der Waals surface area contributed by atoms with Crippen molar-refractivity contribution in [2.45, 2.75) is 341 Å². The van der Waals surface area contributed by atoms with Crippen molar-refractivity contribution in [1.82, 2.24) is 0 Å². The van der Waals surface area contributed by atoms with Crippen molar-refractivity contribution < 1.29 is 28.4 Å². The van der Waals surface area contributed by atoms with Gasteiger partial charge in [0, 0.05) is 17.0 Å². The maximum atomic E-state index is 6.47. The van der Waals surface area contributed by atoms with Crippen molar-refractivity contribution >= 4 is 29.7 Å². The van der Waals surface area contributed by atoms with Gasteiger partial charge in [0.2, 0.25) is 0 Å². The number of hydrogen-bond acceptors (Lipinski definition) is 8. The van der Waals surface area contributed by atoms with Crippen molar-refractivity contribution in [3.8, 4) is 46.0 Å². The van der Waals surface area contributed by atoms with Crippen LogP contribution < -0.4 is 28.4 Å². The van der Waals surface area contributed by atoms with Crippen molar-refractivity contribution in [2.24, 2.45) is 0 Å². The molecule has 0 fully saturated rings. The van der Waals surface area contributed by atoms with E-state index in [1.807, 2.05) is 72.8 Å². The molecule has 4 aromatic rings. The Morgan fingerprint density at radius 1 is 0.278 bits per heavy atom. The second-order valence-corrected chi connectivity index (χ2v) is 27.2. The van der Waals surface area contributed by atoms with Crippen LogP contribution in [-0.4, -0.2) is 31.3 Å². The molecule has 0 N–H and O–H groups in total. The molecule has 4 aromatic carbocycles. The molecule has 0 spiro atoms. The van der Waals surface area contributed by atoms with E-state index in [1.165, 1.54) is 283 Å². The van der Waals surface area contributed by atoms with Gasteiger partial charge in [0.25, 0.3) is 0 Å². The molecule has 0 amide bonds. The largest absolute Gasteiger partial charge is 0.490 e. The fraction of sp³-hybridized carbons (Fsp3) is 0.695. The first-order valence-electron chi connectivity index (χ1n) is 38.0. The van der Waals surface area contributed by atoms with Gasteiger partial charge in [0.05, 0.1) is 31.7 Å². The Morgan fingerprint density at radius 2 is 0.500 bits per heavy atom. The monoisotopic (exact) mass is 1280 g/mol. The number of hydrogen-bond donors (Lipinski definition) is 1. The molecule has 0 aromatic heterocycles. The van der Waals surface area contributed by atoms with Crippen LogP contribution >= 0.6 is 24.8 Å². The maximum absolute atomic E-state index is 6.47. The summed E-state index contributed by atoms with van der Waals surface area (Å²) >= 11 is 11.1. The van der Waals surface area contributed by atoms with Gasteiger partial charge in [-0.3, -0.25) is 0 Å². The molecule has 4 rings (SSSR count). The summed E-state index contributed by atoms with van der Waals surface area (Å²) in [4.78, 5) is 0.746. The molecular weight excluding hydrogens is 1150 g/mol. The summed E-state index contributed by atoms with van der Waals surface area (Å²) in [5.41, 5.74) is 1.93. The van der Waals surface area contributed by atoms with E-state index >= 15 is 0 Å². The highest BCUT2D eigenvalue weighted by molar-refractivity contribution is 7.86. The first kappa shape index (κ1) is 78.6. The zero-order valence-electron chi connectivity index (χ0n) is 58.2. The van der Waals surface area contributed by atoms with Crippen LogP contribution in [0.3, 0.4) is 0 Å². The van der Waals surface area contributed by atoms with Gasteiger partial charge in [-0.2, -0.15) is 12.6 Å². The van der Waals surface area contributed by atoms with Gasteiger partial charge < -0.3 is 28.4 Å². The van der Waals surface area contributed by atoms with Crippen LogP contribution in [0.25, 0.3) is 0 Å². The third kappa shape index (κ3) is 39.0. The zero-order chi connectivity index (χ0) is 63.8. The fourth-order valence-electron chi connectivity index (χ4n) is 12.1. The second kappa shape index (κ2) is 55.6. The van der Waals surface area contributed by atoms with Crippen LogP contribution in [0.5, 0.6) is 46.0 Å². The summed E-state index contributed by atoms with van der Waals surface area (Å²) in [6.07, 6.45) is 63.4. The highest BCUT2D eigenvalue weighted by Gasteiger charge is 2.17. The summed E-state index contributed by atoms with van der Waals surface area (Å²) in [5.74, 6) is 6.00. The van der Waals surface area contributed by atoms with Gasteiger partial charge in [-0.05, 0) is 85.3 Å². The third-order valence-electron chi connectivity index (χ3n) is 17.9. The van der Waals surface area contributed by atoms with Crippen LogP contribution in [0.1, 0.15) is 352 Å². The smallest absolute Gasteiger partial charge is 0.164 e. The molecule has 0 saturated heterocycles. The van der Waals surface area contributed by atoms with Gasteiger partial charge in [-0.15, -0.1) is 0 Å². The van der Waals surface area contributed by atoms with Crippen LogP contribution in [0.15, 0.2) is 84.9 Å². The number of thiol groups is 1. The molecule has 1 unspecified atom stereocenters. The van der Waals surface area contributed by atoms with Gasteiger partial charge in [0.1, 0.15) is 23.0 Å². The average molecular weight is 1280 g/mol. The molecule has 6 nitrogen and oxygen atoms in total. The minimum atomic E-state index is -0.282. The fourth-order valence-corrected chi connectivity index (χ4v) is 12.6. The van der Waals surface area contributed by atoms with Gasteiger partial charge in [-0.25, -0.2) is 0 Å². The van der Waals surface area contributed by atoms with E-state index in [0.29, 0.717) is 26.4 Å². The van der Waals surface area contributed by atoms with E-state index in [2.05, 4.69) is 39.8 Å². The van der Waals surface area contributed by atoms with Crippen LogP contribution in [0, 0.1) is 0 Å². The zero-order valence-corrected chi connectivity index (χ0v) is 59.9. The average Bonchev–Trinajstić information content (AvgIpc) is 2.27. The topological polar surface area (TPSA) is 55.4 Å². The summed E-state index contributed by atoms with van der Waals surface area (Å²) in [6.45, 7) is 11.9. The van der Waals surface area contributed by atoms with Gasteiger partial charge in [0.15, 0.2) is 23.0 Å². The number of thiocarbonyl (C=S) groups is 1. The minimum absolute atomic E-state index is 0.282. The summed E-state index contributed by atoms with van der Waals surface area (Å²) in [5, 5.41) is -0.282. The summed E-state index contributed by atoms with van der Waals surface area (Å²) in [7, 11) is 0. The highest BCUT2D eigenvalue weighted by atomic mass is 32.1. The minimum Gasteiger partial charge on any atom is -0.490 e. The summed E-state index contributed by atoms with van der Waals surface area (Å²) < 4.78 is 38.6. The molecule has 0 heterocycles. The standard InChI is InChI=1S/C82H132O6S2/c1-5-9-13-17-21-25-29-33-37-41-45-49-65-83-77-63-61-75(69-79(77)85-67-51-47-43-39-35-31-27-23-19-15-11-7-3)87-73-57-53-71(54-58-73)81(89)82(90)72-55-59-74(60-56-72)88-76-62-64-78(84-66-50-46-42-38-34-30-26-22-18-14-10-6-2)80(70-76)86-68-52-48-44-40-36-32-28-24-20-16-12-8-4/h53-64,69-70,81,89H,5-52,65-68H2,1-4H3. The highest BCUT2D eigenvalue weighted by Crippen LogP contribution is 2.37. The van der Waals surface area contributed by atoms with Crippen molar-refractivity contribution in [2.75, 3.05) is 26.4 Å². The van der Waals surface area contributed by atoms with Crippen molar-refractivity contribution in [1.29, 1.82) is 0 Å². The molecule has 8 heteroatoms. The molecule has 90 heavy (non-hydrogen) atoms. The Kier molecular flexibility index (Phi) is 48.5. The van der Waals surface area contributed by atoms with E-state index in [1.54, 1.807) is 0 Å². The maximum Gasteiger partial charge on any atom is 0.164 e. The molecule has 0 bridgehead atoms. The first-order chi connectivity index (χ1) is 44.4. The third-order valence-corrected chi connectivity index (χ3v) is 19.1. The Hall–Kier alpha value is -3.88. The first-order valence-corrected chi connectivity index (χ1v) is 38.9. The van der Waals surface area contributed by atoms with E-state index in [4.69, 9.17) is 53.3 Å². The SMILES string of the molecule is CCCCCCCCCCCCCCOc1ccc(Oc2ccc(C(=S)C(S)c3ccc(Oc4ccc(OCCCCCCCCCCCCCC)c(OCCCCCCCCCCCCCC)c4)cc3)cc2)cc1OCCCCCCCCCCCCCC. The van der Waals surface area contributed by atoms with Crippen LogP contribution in [0.4, 0.5) is 0 Å². The molecule has 508 valence electrons. The predicted molar refractivity (Wildman–Crippen MR) is 396 cm³/mol. The molecular formula is C82H132O6S2. The number of rotatable bonds is 63. The number of ether oxygens (including phenoxy) is 6. The molecule has 0 aliphatic carbocycles. The lowest BCUT2D eigenvalue weighted by atomic mass is 10.0. The number of benzene rings is 4.